The molecule has 0 aromatic heterocycles. The van der Waals surface area contributed by atoms with Crippen LogP contribution in [-0.2, 0) is 22.1 Å². The Morgan fingerprint density at radius 1 is 0.906 bits per heavy atom. The van der Waals surface area contributed by atoms with E-state index in [1.807, 2.05) is 59.5 Å². The van der Waals surface area contributed by atoms with E-state index in [1.54, 1.807) is 0 Å². The summed E-state index contributed by atoms with van der Waals surface area (Å²) in [5.74, 6) is -0.369. The molecule has 0 atom stereocenters. The third-order valence-corrected chi connectivity index (χ3v) is 5.38. The van der Waals surface area contributed by atoms with Gasteiger partial charge in [0.05, 0.1) is 36.6 Å². The largest absolute Gasteiger partial charge is 0.416 e. The van der Waals surface area contributed by atoms with Gasteiger partial charge in [0.2, 0.25) is 5.91 Å². The minimum atomic E-state index is -4.49. The summed E-state index contributed by atoms with van der Waals surface area (Å²) < 4.78 is 45.1. The van der Waals surface area contributed by atoms with Crippen LogP contribution < -0.4 is 10.2 Å². The van der Waals surface area contributed by atoms with Gasteiger partial charge in [0.1, 0.15) is 0 Å². The van der Waals surface area contributed by atoms with Crippen molar-refractivity contribution < 1.29 is 22.7 Å². The van der Waals surface area contributed by atoms with Gasteiger partial charge in [-0.1, -0.05) is 54.6 Å². The second-order valence-corrected chi connectivity index (χ2v) is 7.62. The highest BCUT2D eigenvalue weighted by molar-refractivity contribution is 5.96. The lowest BCUT2D eigenvalue weighted by atomic mass is 10.0. The molecule has 1 aliphatic rings. The minimum absolute atomic E-state index is 0.0634. The van der Waals surface area contributed by atoms with E-state index in [4.69, 9.17) is 4.74 Å². The number of amides is 1. The second kappa shape index (κ2) is 9.44. The second-order valence-electron chi connectivity index (χ2n) is 7.62. The predicted molar refractivity (Wildman–Crippen MR) is 119 cm³/mol. The quantitative estimate of drug-likeness (QED) is 0.578. The van der Waals surface area contributed by atoms with Crippen LogP contribution in [0.5, 0.6) is 0 Å². The molecule has 4 nitrogen and oxygen atoms in total. The summed E-state index contributed by atoms with van der Waals surface area (Å²) in [6, 6.07) is 20.9. The Morgan fingerprint density at radius 3 is 2.22 bits per heavy atom. The zero-order valence-corrected chi connectivity index (χ0v) is 17.4. The summed E-state index contributed by atoms with van der Waals surface area (Å²) >= 11 is 0. The standard InChI is InChI=1S/C25H23F3N2O2/c26-25(27,28)21-10-11-23(30-12-14-32-15-13-30)22(17-21)29-24(31)16-18-6-8-20(9-7-18)19-4-2-1-3-5-19/h1-11,17H,12-16H2,(H,29,31). The molecule has 3 aromatic rings. The molecule has 3 aromatic carbocycles. The number of alkyl halides is 3. The highest BCUT2D eigenvalue weighted by Crippen LogP contribution is 2.36. The number of nitrogens with zero attached hydrogens (tertiary/aromatic N) is 1. The molecule has 1 aliphatic heterocycles. The summed E-state index contributed by atoms with van der Waals surface area (Å²) in [7, 11) is 0. The van der Waals surface area contributed by atoms with Gasteiger partial charge in [0.15, 0.2) is 0 Å². The molecular formula is C25H23F3N2O2. The van der Waals surface area contributed by atoms with E-state index in [-0.39, 0.29) is 18.0 Å². The van der Waals surface area contributed by atoms with Gasteiger partial charge >= 0.3 is 6.18 Å². The van der Waals surface area contributed by atoms with Crippen molar-refractivity contribution in [3.8, 4) is 11.1 Å². The summed E-state index contributed by atoms with van der Waals surface area (Å²) in [6.45, 7) is 2.08. The lowest BCUT2D eigenvalue weighted by molar-refractivity contribution is -0.137. The Kier molecular flexibility index (Phi) is 6.46. The zero-order chi connectivity index (χ0) is 22.6. The van der Waals surface area contributed by atoms with Gasteiger partial charge in [-0.2, -0.15) is 13.2 Å². The highest BCUT2D eigenvalue weighted by Gasteiger charge is 2.32. The Bertz CT molecular complexity index is 1060. The predicted octanol–water partition coefficient (Wildman–Crippen LogP) is 5.39. The van der Waals surface area contributed by atoms with Crippen molar-refractivity contribution in [3.05, 3.63) is 83.9 Å². The molecule has 7 heteroatoms. The van der Waals surface area contributed by atoms with Crippen molar-refractivity contribution in [2.45, 2.75) is 12.6 Å². The number of hydrogen-bond acceptors (Lipinski definition) is 3. The first-order chi connectivity index (χ1) is 15.4. The number of hydrogen-bond donors (Lipinski definition) is 1. The number of rotatable bonds is 5. The molecule has 0 saturated carbocycles. The molecule has 1 amide bonds. The van der Waals surface area contributed by atoms with E-state index in [0.29, 0.717) is 32.0 Å². The van der Waals surface area contributed by atoms with Gasteiger partial charge < -0.3 is 15.0 Å². The number of nitrogens with one attached hydrogen (secondary N) is 1. The fraction of sp³-hybridized carbons (Fsp3) is 0.240. The normalized spacial score (nSPS) is 14.3. The topological polar surface area (TPSA) is 41.6 Å². The minimum Gasteiger partial charge on any atom is -0.378 e. The fourth-order valence-corrected chi connectivity index (χ4v) is 3.72. The van der Waals surface area contributed by atoms with Crippen LogP contribution in [0.3, 0.4) is 0 Å². The van der Waals surface area contributed by atoms with E-state index in [0.717, 1.165) is 28.8 Å². The van der Waals surface area contributed by atoms with Gasteiger partial charge in [-0.25, -0.2) is 0 Å². The molecule has 1 saturated heterocycles. The molecule has 4 rings (SSSR count). The number of ether oxygens (including phenoxy) is 1. The average Bonchev–Trinajstić information content (AvgIpc) is 2.80. The number of carbonyl (C=O) groups excluding carboxylic acids is 1. The van der Waals surface area contributed by atoms with Crippen LogP contribution in [0.2, 0.25) is 0 Å². The Morgan fingerprint density at radius 2 is 1.56 bits per heavy atom. The third kappa shape index (κ3) is 5.29. The number of morpholine rings is 1. The van der Waals surface area contributed by atoms with E-state index in [1.165, 1.54) is 6.07 Å². The van der Waals surface area contributed by atoms with Gasteiger partial charge in [0, 0.05) is 13.1 Å². The molecule has 1 fully saturated rings. The van der Waals surface area contributed by atoms with Crippen LogP contribution in [0.15, 0.2) is 72.8 Å². The van der Waals surface area contributed by atoms with Crippen LogP contribution in [0.4, 0.5) is 24.5 Å². The molecule has 1 N–H and O–H groups in total. The average molecular weight is 440 g/mol. The van der Waals surface area contributed by atoms with Crippen LogP contribution in [0, 0.1) is 0 Å². The first kappa shape index (κ1) is 21.9. The smallest absolute Gasteiger partial charge is 0.378 e. The highest BCUT2D eigenvalue weighted by atomic mass is 19.4. The van der Waals surface area contributed by atoms with E-state index < -0.39 is 11.7 Å². The van der Waals surface area contributed by atoms with Crippen LogP contribution >= 0.6 is 0 Å². The third-order valence-electron chi connectivity index (χ3n) is 5.38. The Labute approximate surface area is 184 Å². The van der Waals surface area contributed by atoms with Gasteiger partial charge in [-0.05, 0) is 34.9 Å². The Hall–Kier alpha value is -3.32. The molecule has 0 bridgehead atoms. The van der Waals surface area contributed by atoms with E-state index in [9.17, 15) is 18.0 Å². The number of anilines is 2. The number of benzene rings is 3. The van der Waals surface area contributed by atoms with Crippen molar-refractivity contribution in [2.75, 3.05) is 36.5 Å². The first-order valence-electron chi connectivity index (χ1n) is 10.4. The molecule has 0 spiro atoms. The van der Waals surface area contributed by atoms with Crippen LogP contribution in [0.25, 0.3) is 11.1 Å². The van der Waals surface area contributed by atoms with Crippen LogP contribution in [0.1, 0.15) is 11.1 Å². The lowest BCUT2D eigenvalue weighted by Crippen LogP contribution is -2.37. The Balaban J connectivity index is 1.51. The van der Waals surface area contributed by atoms with Crippen LogP contribution in [-0.4, -0.2) is 32.2 Å². The fourth-order valence-electron chi connectivity index (χ4n) is 3.72. The van der Waals surface area contributed by atoms with Gasteiger partial charge in [0.25, 0.3) is 0 Å². The van der Waals surface area contributed by atoms with E-state index in [2.05, 4.69) is 5.32 Å². The molecule has 0 aliphatic carbocycles. The molecular weight excluding hydrogens is 417 g/mol. The van der Waals surface area contributed by atoms with Crippen molar-refractivity contribution in [2.24, 2.45) is 0 Å². The van der Waals surface area contributed by atoms with Crippen molar-refractivity contribution >= 4 is 17.3 Å². The lowest BCUT2D eigenvalue weighted by Gasteiger charge is -2.31. The SMILES string of the molecule is O=C(Cc1ccc(-c2ccccc2)cc1)Nc1cc(C(F)(F)F)ccc1N1CCOCC1. The molecule has 0 unspecified atom stereocenters. The molecule has 0 radical (unpaired) electrons. The summed E-state index contributed by atoms with van der Waals surface area (Å²) in [5, 5.41) is 2.69. The summed E-state index contributed by atoms with van der Waals surface area (Å²) in [6.07, 6.45) is -4.43. The molecule has 166 valence electrons. The maximum Gasteiger partial charge on any atom is 0.416 e. The molecule has 1 heterocycles. The van der Waals surface area contributed by atoms with Gasteiger partial charge in [-0.3, -0.25) is 4.79 Å². The van der Waals surface area contributed by atoms with Crippen molar-refractivity contribution in [3.63, 3.8) is 0 Å². The molecule has 32 heavy (non-hydrogen) atoms. The van der Waals surface area contributed by atoms with Crippen molar-refractivity contribution in [1.29, 1.82) is 0 Å². The van der Waals surface area contributed by atoms with Gasteiger partial charge in [-0.15, -0.1) is 0 Å². The summed E-state index contributed by atoms with van der Waals surface area (Å²) in [5.41, 5.74) is 2.81. The zero-order valence-electron chi connectivity index (χ0n) is 17.4. The van der Waals surface area contributed by atoms with E-state index >= 15 is 0 Å². The maximum absolute atomic E-state index is 13.3. The number of halogens is 3. The summed E-state index contributed by atoms with van der Waals surface area (Å²) in [4.78, 5) is 14.6. The monoisotopic (exact) mass is 440 g/mol. The number of carbonyl (C=O) groups is 1. The van der Waals surface area contributed by atoms with Crippen molar-refractivity contribution in [1.82, 2.24) is 0 Å². The maximum atomic E-state index is 13.3. The first-order valence-corrected chi connectivity index (χ1v) is 10.4.